The molecule has 1 aromatic rings. The van der Waals surface area contributed by atoms with Crippen LogP contribution in [0.1, 0.15) is 44.0 Å². The predicted octanol–water partition coefficient (Wildman–Crippen LogP) is 2.32. The Balaban J connectivity index is 2.05. The number of hydrogen-bond acceptors (Lipinski definition) is 6. The quantitative estimate of drug-likeness (QED) is 0.502. The first-order chi connectivity index (χ1) is 11.6. The molecule has 1 saturated carbocycles. The van der Waals surface area contributed by atoms with E-state index in [1.54, 1.807) is 0 Å². The molecule has 0 spiro atoms. The molecule has 0 amide bonds. The van der Waals surface area contributed by atoms with Gasteiger partial charge in [0.15, 0.2) is 5.78 Å². The van der Waals surface area contributed by atoms with E-state index in [0.717, 1.165) is 0 Å². The van der Waals surface area contributed by atoms with Crippen molar-refractivity contribution in [1.82, 2.24) is 0 Å². The topological polar surface area (TPSA) is 97.7 Å². The molecule has 132 valence electrons. The summed E-state index contributed by atoms with van der Waals surface area (Å²) in [7, 11) is 0. The van der Waals surface area contributed by atoms with Crippen molar-refractivity contribution in [2.75, 3.05) is 0 Å². The van der Waals surface area contributed by atoms with E-state index in [0.29, 0.717) is 6.42 Å². The van der Waals surface area contributed by atoms with Crippen LogP contribution in [0.3, 0.4) is 0 Å². The molecule has 1 fully saturated rings. The van der Waals surface area contributed by atoms with Crippen molar-refractivity contribution in [3.05, 3.63) is 23.8 Å². The van der Waals surface area contributed by atoms with E-state index in [1.807, 2.05) is 13.8 Å². The lowest BCUT2D eigenvalue weighted by Crippen LogP contribution is -2.49. The second kappa shape index (κ2) is 5.79. The van der Waals surface area contributed by atoms with Crippen LogP contribution in [0.2, 0.25) is 0 Å². The van der Waals surface area contributed by atoms with E-state index >= 15 is 0 Å². The number of benzene rings is 1. The summed E-state index contributed by atoms with van der Waals surface area (Å²) >= 11 is 0. The summed E-state index contributed by atoms with van der Waals surface area (Å²) in [6.07, 6.45) is 0.649. The number of aromatic hydroxyl groups is 1. The largest absolute Gasteiger partial charge is 0.508 e. The maximum Gasteiger partial charge on any atom is 0.322 e. The molecular weight excluding hydrogens is 324 g/mol. The van der Waals surface area contributed by atoms with Crippen LogP contribution in [-0.2, 0) is 14.4 Å². The lowest BCUT2D eigenvalue weighted by Gasteiger charge is -2.41. The summed E-state index contributed by atoms with van der Waals surface area (Å²) in [6.45, 7) is 5.09. The van der Waals surface area contributed by atoms with Gasteiger partial charge in [-0.25, -0.2) is 0 Å². The number of esters is 1. The van der Waals surface area contributed by atoms with Gasteiger partial charge in [-0.05, 0) is 36.8 Å². The second-order valence-corrected chi connectivity index (χ2v) is 7.71. The number of carbonyl (C=O) groups excluding carboxylic acids is 4. The third-order valence-corrected chi connectivity index (χ3v) is 5.06. The minimum absolute atomic E-state index is 0.00650. The summed E-state index contributed by atoms with van der Waals surface area (Å²) in [5, 5.41) is 9.50. The summed E-state index contributed by atoms with van der Waals surface area (Å²) in [5.41, 5.74) is -0.218. The van der Waals surface area contributed by atoms with Gasteiger partial charge in [0.2, 0.25) is 0 Å². The molecule has 0 bridgehead atoms. The average molecular weight is 344 g/mol. The fourth-order valence-corrected chi connectivity index (χ4v) is 4.10. The molecule has 6 nitrogen and oxygen atoms in total. The van der Waals surface area contributed by atoms with E-state index in [2.05, 4.69) is 0 Å². The number of ketones is 3. The molecule has 1 heterocycles. The molecular formula is C19H20O6. The lowest BCUT2D eigenvalue weighted by molar-refractivity contribution is -0.146. The number of phenols is 1. The van der Waals surface area contributed by atoms with Crippen LogP contribution < -0.4 is 4.74 Å². The van der Waals surface area contributed by atoms with Crippen molar-refractivity contribution in [3.63, 3.8) is 0 Å². The van der Waals surface area contributed by atoms with Gasteiger partial charge >= 0.3 is 5.97 Å². The number of fused-ring (bicyclic) bond motifs is 1. The van der Waals surface area contributed by atoms with Crippen molar-refractivity contribution in [2.45, 2.75) is 33.6 Å². The number of hydrogen-bond donors (Lipinski definition) is 1. The van der Waals surface area contributed by atoms with Crippen molar-refractivity contribution in [2.24, 2.45) is 23.2 Å². The fourth-order valence-electron chi connectivity index (χ4n) is 4.10. The normalized spacial score (nSPS) is 28.3. The highest BCUT2D eigenvalue weighted by molar-refractivity contribution is 6.15. The van der Waals surface area contributed by atoms with E-state index < -0.39 is 34.9 Å². The van der Waals surface area contributed by atoms with Crippen LogP contribution in [0.4, 0.5) is 0 Å². The van der Waals surface area contributed by atoms with Crippen LogP contribution >= 0.6 is 0 Å². The third kappa shape index (κ3) is 2.97. The number of ether oxygens (including phenoxy) is 1. The zero-order chi connectivity index (χ0) is 18.5. The Kier molecular flexibility index (Phi) is 4.01. The van der Waals surface area contributed by atoms with Gasteiger partial charge in [0, 0.05) is 12.5 Å². The van der Waals surface area contributed by atoms with Crippen molar-refractivity contribution in [3.8, 4) is 11.5 Å². The maximum absolute atomic E-state index is 12.9. The van der Waals surface area contributed by atoms with E-state index in [9.17, 15) is 24.3 Å². The smallest absolute Gasteiger partial charge is 0.322 e. The standard InChI is InChI=1S/C19H20O6/c1-9(20)15-12(7-19(2,3)8-13(15)22)16-17(23)11-5-4-10(21)6-14(11)25-18(16)24/h4-6,12,15-16,21H,7-8H2,1-3H3. The van der Waals surface area contributed by atoms with Crippen molar-refractivity contribution >= 4 is 23.3 Å². The van der Waals surface area contributed by atoms with Crippen molar-refractivity contribution in [1.29, 1.82) is 0 Å². The molecule has 1 aliphatic heterocycles. The molecule has 2 aliphatic rings. The molecule has 6 heteroatoms. The summed E-state index contributed by atoms with van der Waals surface area (Å²) < 4.78 is 5.24. The molecule has 3 unspecified atom stereocenters. The van der Waals surface area contributed by atoms with Crippen LogP contribution in [0.5, 0.6) is 11.5 Å². The predicted molar refractivity (Wildman–Crippen MR) is 87.2 cm³/mol. The van der Waals surface area contributed by atoms with Gasteiger partial charge in [0.05, 0.1) is 11.5 Å². The number of carbonyl (C=O) groups is 4. The van der Waals surface area contributed by atoms with Gasteiger partial charge in [-0.3, -0.25) is 19.2 Å². The van der Waals surface area contributed by atoms with Crippen molar-refractivity contribution < 1.29 is 29.0 Å². The Hall–Kier alpha value is -2.50. The number of Topliss-reactive ketones (excluding diaryl/α,β-unsaturated/α-hetero) is 3. The minimum atomic E-state index is -1.19. The van der Waals surface area contributed by atoms with Crippen LogP contribution in [-0.4, -0.2) is 28.4 Å². The highest BCUT2D eigenvalue weighted by Gasteiger charge is 2.52. The van der Waals surface area contributed by atoms with Gasteiger partial charge in [0.25, 0.3) is 0 Å². The van der Waals surface area contributed by atoms with Gasteiger partial charge in [-0.2, -0.15) is 0 Å². The molecule has 0 radical (unpaired) electrons. The molecule has 3 atom stereocenters. The Morgan fingerprint density at radius 3 is 2.56 bits per heavy atom. The summed E-state index contributed by atoms with van der Waals surface area (Å²) in [6, 6.07) is 3.94. The van der Waals surface area contributed by atoms with E-state index in [-0.39, 0.29) is 35.0 Å². The Morgan fingerprint density at radius 1 is 1.24 bits per heavy atom. The molecule has 0 saturated heterocycles. The second-order valence-electron chi connectivity index (χ2n) is 7.71. The van der Waals surface area contributed by atoms with Gasteiger partial charge in [0.1, 0.15) is 29.0 Å². The molecule has 25 heavy (non-hydrogen) atoms. The monoisotopic (exact) mass is 344 g/mol. The average Bonchev–Trinajstić information content (AvgIpc) is 2.44. The SMILES string of the molecule is CC(=O)C1C(=O)CC(C)(C)CC1C1C(=O)Oc2cc(O)ccc2C1=O. The van der Waals surface area contributed by atoms with Crippen LogP contribution in [0.25, 0.3) is 0 Å². The first-order valence-corrected chi connectivity index (χ1v) is 8.23. The molecule has 1 aromatic carbocycles. The van der Waals surface area contributed by atoms with E-state index in [1.165, 1.54) is 25.1 Å². The third-order valence-electron chi connectivity index (χ3n) is 5.06. The first kappa shape index (κ1) is 17.3. The lowest BCUT2D eigenvalue weighted by atomic mass is 9.60. The first-order valence-electron chi connectivity index (χ1n) is 8.23. The minimum Gasteiger partial charge on any atom is -0.508 e. The highest BCUT2D eigenvalue weighted by atomic mass is 16.5. The summed E-state index contributed by atoms with van der Waals surface area (Å²) in [4.78, 5) is 50.0. The highest BCUT2D eigenvalue weighted by Crippen LogP contribution is 2.46. The zero-order valence-electron chi connectivity index (χ0n) is 14.4. The van der Waals surface area contributed by atoms with E-state index in [4.69, 9.17) is 4.74 Å². The number of rotatable bonds is 2. The van der Waals surface area contributed by atoms with Crippen LogP contribution in [0.15, 0.2) is 18.2 Å². The maximum atomic E-state index is 12.9. The van der Waals surface area contributed by atoms with Gasteiger partial charge in [-0.15, -0.1) is 0 Å². The Labute approximate surface area is 145 Å². The Morgan fingerprint density at radius 2 is 1.92 bits per heavy atom. The Bertz CT molecular complexity index is 791. The van der Waals surface area contributed by atoms with Gasteiger partial charge < -0.3 is 9.84 Å². The molecule has 3 rings (SSSR count). The molecule has 1 aliphatic carbocycles. The number of phenolic OH excluding ortho intramolecular Hbond substituents is 1. The zero-order valence-corrected chi connectivity index (χ0v) is 14.4. The van der Waals surface area contributed by atoms with Gasteiger partial charge in [-0.1, -0.05) is 13.8 Å². The fraction of sp³-hybridized carbons (Fsp3) is 0.474. The van der Waals surface area contributed by atoms with Crippen LogP contribution in [0, 0.1) is 23.2 Å². The molecule has 1 N–H and O–H groups in total. The molecule has 0 aromatic heterocycles. The summed E-state index contributed by atoms with van der Waals surface area (Å²) in [5.74, 6) is -4.77.